The fourth-order valence-electron chi connectivity index (χ4n) is 3.53. The Morgan fingerprint density at radius 3 is 0.300 bits per heavy atom. The molecule has 0 nitrogen and oxygen atoms in total. The van der Waals surface area contributed by atoms with Gasteiger partial charge >= 0.3 is 98.8 Å². The summed E-state index contributed by atoms with van der Waals surface area (Å²) < 4.78 is 593. The molecule has 0 radical (unpaired) electrons. The van der Waals surface area contributed by atoms with E-state index in [4.69, 9.17) is 0 Å². The Morgan fingerprint density at radius 1 is 0.160 bits per heavy atom. The Kier molecular flexibility index (Phi) is 53.7. The van der Waals surface area contributed by atoms with Crippen molar-refractivity contribution in [3.05, 3.63) is 0 Å². The van der Waals surface area contributed by atoms with Crippen LogP contribution < -0.4 is 0 Å². The van der Waals surface area contributed by atoms with Crippen molar-refractivity contribution < 1.29 is 228 Å². The summed E-state index contributed by atoms with van der Waals surface area (Å²) in [6.45, 7) is 0.184. The molecule has 0 amide bonds. The topological polar surface area (TPSA) is 0 Å². The largest absolute Gasteiger partial charge is 0.416 e. The SMILES string of the molecule is CC(C(C)C(F)(F)F)C(F)(F)F.CC(C(C)C(F)(F)F)C(F)(F)F.CC(C(C)C(F)(F)F)C(F)(F)F.CC(C(C)C(F)(F)F)C(F)(F)F.CC(CCC(F)(F)F)C(F)(F)F.CC(CCC(F)(F)F)C(F)(F)F.CC(CF)C(F)(F)F.CC(CF)C(F)(F)F.FCC(F)(F)F.FCC(F)(F)F. The number of alkyl halides is 52. The Morgan fingerprint density at radius 2 is 0.260 bits per heavy atom. The van der Waals surface area contributed by atoms with E-state index in [1.54, 1.807) is 0 Å². The van der Waals surface area contributed by atoms with Gasteiger partial charge in [0.2, 0.25) is 0 Å². The first-order valence-corrected chi connectivity index (χ1v) is 25.9. The van der Waals surface area contributed by atoms with E-state index in [-0.39, 0.29) is 0 Å². The molecule has 620 valence electrons. The third kappa shape index (κ3) is 72.7. The molecule has 100 heavy (non-hydrogen) atoms. The molecule has 0 aliphatic carbocycles. The Hall–Kier alpha value is -3.64. The van der Waals surface area contributed by atoms with E-state index in [2.05, 4.69) is 0 Å². The van der Waals surface area contributed by atoms with Crippen LogP contribution in [0.4, 0.5) is 228 Å². The molecule has 0 aliphatic heterocycles. The lowest BCUT2D eigenvalue weighted by Crippen LogP contribution is -2.35. The monoisotopic (exact) mass is 1630 g/mol. The molecule has 0 rings (SSSR count). The second-order valence-corrected chi connectivity index (χ2v) is 20.5. The molecule has 0 saturated carbocycles. The van der Waals surface area contributed by atoms with Crippen LogP contribution in [-0.4, -0.2) is 126 Å². The van der Waals surface area contributed by atoms with Crippen LogP contribution in [0, 0.1) is 71.0 Å². The molecule has 0 N–H and O–H groups in total. The zero-order chi connectivity index (χ0) is 84.6. The molecule has 0 aromatic rings. The molecule has 0 saturated heterocycles. The summed E-state index contributed by atoms with van der Waals surface area (Å²) in [5.41, 5.74) is 0. The highest BCUT2D eigenvalue weighted by Crippen LogP contribution is 2.44. The van der Waals surface area contributed by atoms with Gasteiger partial charge in [-0.1, -0.05) is 83.1 Å². The van der Waals surface area contributed by atoms with Crippen LogP contribution in [0.2, 0.25) is 0 Å². The van der Waals surface area contributed by atoms with Crippen LogP contribution >= 0.6 is 0 Å². The highest BCUT2D eigenvalue weighted by atomic mass is 19.5. The maximum absolute atomic E-state index is 11.7. The highest BCUT2D eigenvalue weighted by Gasteiger charge is 2.54. The predicted molar refractivity (Wildman–Crippen MR) is 249 cm³/mol. The lowest BCUT2D eigenvalue weighted by atomic mass is 9.95. The minimum absolute atomic E-state index is 0.526. The first kappa shape index (κ1) is 117. The lowest BCUT2D eigenvalue weighted by Gasteiger charge is -2.24. The minimum Gasteiger partial charge on any atom is -0.250 e. The third-order valence-electron chi connectivity index (χ3n) is 11.9. The van der Waals surface area contributed by atoms with Crippen LogP contribution in [0.25, 0.3) is 0 Å². The van der Waals surface area contributed by atoms with Crippen molar-refractivity contribution in [1.82, 2.24) is 0 Å². The molecule has 12 unspecified atom stereocenters. The average Bonchev–Trinajstić information content (AvgIpc) is 0.860. The van der Waals surface area contributed by atoms with Crippen LogP contribution in [0.5, 0.6) is 0 Å². The van der Waals surface area contributed by atoms with Gasteiger partial charge < -0.3 is 0 Å². The number of halogens is 52. The quantitative estimate of drug-likeness (QED) is 0.191. The van der Waals surface area contributed by atoms with Crippen molar-refractivity contribution in [2.75, 3.05) is 26.7 Å². The summed E-state index contributed by atoms with van der Waals surface area (Å²) in [5, 5.41) is 0. The maximum atomic E-state index is 11.7. The molecule has 0 bridgehead atoms. The van der Waals surface area contributed by atoms with Crippen molar-refractivity contribution in [3.8, 4) is 0 Å². The molecule has 0 fully saturated rings. The Labute approximate surface area is 534 Å². The summed E-state index contributed by atoms with van der Waals surface area (Å²) in [7, 11) is 0. The zero-order valence-electron chi connectivity index (χ0n) is 52.2. The maximum Gasteiger partial charge on any atom is 0.416 e. The van der Waals surface area contributed by atoms with Crippen molar-refractivity contribution >= 4 is 0 Å². The lowest BCUT2D eigenvalue weighted by molar-refractivity contribution is -0.245. The summed E-state index contributed by atoms with van der Waals surface area (Å²) in [4.78, 5) is 0. The highest BCUT2D eigenvalue weighted by molar-refractivity contribution is 4.77. The molecule has 52 heteroatoms. The van der Waals surface area contributed by atoms with E-state index in [9.17, 15) is 228 Å². The van der Waals surface area contributed by atoms with Gasteiger partial charge in [-0.2, -0.15) is 211 Å². The van der Waals surface area contributed by atoms with E-state index < -0.39 is 222 Å². The Balaban J connectivity index is -0.000000113. The van der Waals surface area contributed by atoms with Gasteiger partial charge in [-0.25, -0.2) is 8.78 Å². The zero-order valence-corrected chi connectivity index (χ0v) is 52.2. The van der Waals surface area contributed by atoms with Gasteiger partial charge in [0.15, 0.2) is 13.3 Å². The second kappa shape index (κ2) is 45.7. The smallest absolute Gasteiger partial charge is 0.250 e. The van der Waals surface area contributed by atoms with Crippen molar-refractivity contribution in [3.63, 3.8) is 0 Å². The number of rotatable bonds is 10. The van der Waals surface area contributed by atoms with Crippen LogP contribution in [0.3, 0.4) is 0 Å². The number of hydrogen-bond acceptors (Lipinski definition) is 0. The summed E-state index contributed by atoms with van der Waals surface area (Å²) in [6.07, 6.45) is -78.8. The van der Waals surface area contributed by atoms with Gasteiger partial charge in [0.1, 0.15) is 13.3 Å². The molecular formula is C48H64F52. The van der Waals surface area contributed by atoms with E-state index >= 15 is 0 Å². The van der Waals surface area contributed by atoms with Crippen molar-refractivity contribution in [1.29, 1.82) is 0 Å². The standard InChI is InChI=1S/6C6H8F6.2C4H6F4.2C2H2F4/c2*1-4(6(10,11)12)2-3-5(7,8)9;4*1-3(5(7,8)9)4(2)6(10,11)12;2*1-3(2-5)4(6,7)8;2*3-1-2(4,5)6/h2*4H,2-3H2,1H3;4*3-4H,1-2H3;2*3H,2H2,1H3;2*1H2. The van der Waals surface area contributed by atoms with E-state index in [1.807, 2.05) is 0 Å². The van der Waals surface area contributed by atoms with E-state index in [0.717, 1.165) is 27.7 Å². The van der Waals surface area contributed by atoms with Gasteiger partial charge in [-0.15, -0.1) is 0 Å². The Bertz CT molecular complexity index is 1660. The van der Waals surface area contributed by atoms with Crippen LogP contribution in [0.15, 0.2) is 0 Å². The fourth-order valence-corrected chi connectivity index (χ4v) is 3.53. The summed E-state index contributed by atoms with van der Waals surface area (Å²) in [5.74, 6) is -26.2. The van der Waals surface area contributed by atoms with Crippen molar-refractivity contribution in [2.24, 2.45) is 71.0 Å². The molecule has 0 aromatic heterocycles. The van der Waals surface area contributed by atoms with Crippen LogP contribution in [-0.2, 0) is 0 Å². The normalized spacial score (nSPS) is 17.0. The van der Waals surface area contributed by atoms with Crippen LogP contribution in [0.1, 0.15) is 109 Å². The first-order chi connectivity index (χ1) is 42.6. The average molecular weight is 1630 g/mol. The van der Waals surface area contributed by atoms with E-state index in [1.165, 1.54) is 0 Å². The second-order valence-electron chi connectivity index (χ2n) is 20.5. The first-order valence-electron chi connectivity index (χ1n) is 25.9. The molecule has 0 spiro atoms. The minimum atomic E-state index is -4.78. The van der Waals surface area contributed by atoms with Crippen molar-refractivity contribution in [2.45, 2.75) is 208 Å². The predicted octanol–water partition coefficient (Wildman–Crippen LogP) is 27.9. The number of hydrogen-bond donors (Lipinski definition) is 0. The summed E-state index contributed by atoms with van der Waals surface area (Å²) >= 11 is 0. The fraction of sp³-hybridized carbons (Fsp3) is 1.00. The van der Waals surface area contributed by atoms with Gasteiger partial charge in [-0.05, 0) is 12.8 Å². The van der Waals surface area contributed by atoms with E-state index in [0.29, 0.717) is 55.4 Å². The molecule has 0 aromatic carbocycles. The third-order valence-corrected chi connectivity index (χ3v) is 11.9. The molecule has 0 aliphatic rings. The molecular weight excluding hydrogens is 1560 g/mol. The molecule has 0 heterocycles. The summed E-state index contributed by atoms with van der Waals surface area (Å²) in [6, 6.07) is 0. The van der Waals surface area contributed by atoms with Gasteiger partial charge in [0, 0.05) is 12.8 Å². The molecule has 12 atom stereocenters. The van der Waals surface area contributed by atoms with Gasteiger partial charge in [-0.3, -0.25) is 8.78 Å². The van der Waals surface area contributed by atoms with Gasteiger partial charge in [0.25, 0.3) is 0 Å². The van der Waals surface area contributed by atoms with Gasteiger partial charge in [0.05, 0.1) is 71.0 Å².